The first kappa shape index (κ1) is 17.5. The molecule has 11 heteroatoms. The highest BCUT2D eigenvalue weighted by molar-refractivity contribution is 7.89. The van der Waals surface area contributed by atoms with Crippen LogP contribution in [0.25, 0.3) is 0 Å². The molecule has 8 nitrogen and oxygen atoms in total. The number of hydrogen-bond acceptors (Lipinski definition) is 6. The summed E-state index contributed by atoms with van der Waals surface area (Å²) in [7, 11) is -4.01. The standard InChI is InChI=1S/C12H17F2N5O3S/c1-5-18(6-10-7(2)16-22-17-10)23(20,21)11-8(3)15-19(9(11)4)12(13)14/h12H,5-6H2,1-4H3. The topological polar surface area (TPSA) is 94.1 Å². The molecule has 0 aromatic carbocycles. The summed E-state index contributed by atoms with van der Waals surface area (Å²) < 4.78 is 57.6. The van der Waals surface area contributed by atoms with Gasteiger partial charge in [0.2, 0.25) is 10.0 Å². The third-order valence-corrected chi connectivity index (χ3v) is 5.64. The zero-order valence-electron chi connectivity index (χ0n) is 13.1. The highest BCUT2D eigenvalue weighted by Gasteiger charge is 2.32. The number of nitrogens with zero attached hydrogens (tertiary/aromatic N) is 5. The van der Waals surface area contributed by atoms with E-state index in [0.29, 0.717) is 16.1 Å². The van der Waals surface area contributed by atoms with Crippen molar-refractivity contribution in [1.29, 1.82) is 0 Å². The van der Waals surface area contributed by atoms with Crippen LogP contribution in [0.4, 0.5) is 8.78 Å². The lowest BCUT2D eigenvalue weighted by molar-refractivity contribution is 0.0538. The highest BCUT2D eigenvalue weighted by Crippen LogP contribution is 2.27. The summed E-state index contributed by atoms with van der Waals surface area (Å²) in [5, 5.41) is 10.9. The lowest BCUT2D eigenvalue weighted by Gasteiger charge is -2.19. The van der Waals surface area contributed by atoms with Crippen LogP contribution in [-0.2, 0) is 16.6 Å². The quantitative estimate of drug-likeness (QED) is 0.789. The highest BCUT2D eigenvalue weighted by atomic mass is 32.2. The van der Waals surface area contributed by atoms with Crippen LogP contribution in [0, 0.1) is 20.8 Å². The van der Waals surface area contributed by atoms with E-state index in [2.05, 4.69) is 20.0 Å². The lowest BCUT2D eigenvalue weighted by atomic mass is 10.3. The maximum atomic E-state index is 12.9. The van der Waals surface area contributed by atoms with E-state index in [1.165, 1.54) is 13.8 Å². The van der Waals surface area contributed by atoms with Gasteiger partial charge in [0.05, 0.1) is 17.9 Å². The van der Waals surface area contributed by atoms with Crippen LogP contribution in [0.15, 0.2) is 9.52 Å². The number of halogens is 2. The van der Waals surface area contributed by atoms with Crippen molar-refractivity contribution in [3.8, 4) is 0 Å². The van der Waals surface area contributed by atoms with Crippen LogP contribution in [-0.4, -0.2) is 39.4 Å². The van der Waals surface area contributed by atoms with E-state index in [1.807, 2.05) is 0 Å². The maximum Gasteiger partial charge on any atom is 0.333 e. The predicted molar refractivity (Wildman–Crippen MR) is 75.3 cm³/mol. The fourth-order valence-electron chi connectivity index (χ4n) is 2.27. The number of hydrogen-bond donors (Lipinski definition) is 0. The van der Waals surface area contributed by atoms with Crippen LogP contribution in [0.5, 0.6) is 0 Å². The maximum absolute atomic E-state index is 12.9. The van der Waals surface area contributed by atoms with Crippen molar-refractivity contribution < 1.29 is 21.8 Å². The van der Waals surface area contributed by atoms with Gasteiger partial charge in [-0.15, -0.1) is 0 Å². The molecule has 0 radical (unpaired) electrons. The average Bonchev–Trinajstić information content (AvgIpc) is 2.99. The molecular weight excluding hydrogens is 332 g/mol. The molecule has 0 atom stereocenters. The first-order valence-corrected chi connectivity index (χ1v) is 8.26. The summed E-state index contributed by atoms with van der Waals surface area (Å²) in [6.07, 6.45) is 0. The van der Waals surface area contributed by atoms with Crippen molar-refractivity contribution in [3.63, 3.8) is 0 Å². The molecule has 23 heavy (non-hydrogen) atoms. The van der Waals surface area contributed by atoms with Gasteiger partial charge in [-0.1, -0.05) is 17.2 Å². The van der Waals surface area contributed by atoms with Crippen molar-refractivity contribution in [3.05, 3.63) is 22.8 Å². The first-order chi connectivity index (χ1) is 10.7. The second-order valence-electron chi connectivity index (χ2n) is 4.95. The molecule has 2 rings (SSSR count). The van der Waals surface area contributed by atoms with Gasteiger partial charge in [-0.2, -0.15) is 18.2 Å². The average molecular weight is 349 g/mol. The van der Waals surface area contributed by atoms with E-state index in [1.54, 1.807) is 13.8 Å². The molecule has 0 fully saturated rings. The predicted octanol–water partition coefficient (Wildman–Crippen LogP) is 1.80. The fourth-order valence-corrected chi connectivity index (χ4v) is 4.04. The molecule has 0 aliphatic rings. The second-order valence-corrected chi connectivity index (χ2v) is 6.82. The summed E-state index contributed by atoms with van der Waals surface area (Å²) in [6, 6.07) is 0. The number of rotatable bonds is 6. The minimum atomic E-state index is -4.01. The molecule has 0 N–H and O–H groups in total. The summed E-state index contributed by atoms with van der Waals surface area (Å²) in [5.41, 5.74) is 0.754. The Balaban J connectivity index is 2.46. The molecule has 0 saturated carbocycles. The van der Waals surface area contributed by atoms with E-state index >= 15 is 0 Å². The number of alkyl halides is 2. The Morgan fingerprint density at radius 2 is 1.87 bits per heavy atom. The lowest BCUT2D eigenvalue weighted by Crippen LogP contribution is -2.31. The Bertz CT molecular complexity index is 800. The van der Waals surface area contributed by atoms with Crippen LogP contribution >= 0.6 is 0 Å². The Morgan fingerprint density at radius 3 is 2.30 bits per heavy atom. The SMILES string of the molecule is CCN(Cc1nonc1C)S(=O)(=O)c1c(C)nn(C(F)F)c1C. The van der Waals surface area contributed by atoms with E-state index in [4.69, 9.17) is 0 Å². The van der Waals surface area contributed by atoms with Gasteiger partial charge in [0.25, 0.3) is 0 Å². The largest absolute Gasteiger partial charge is 0.333 e. The van der Waals surface area contributed by atoms with Crippen molar-refractivity contribution in [2.75, 3.05) is 6.54 Å². The molecule has 0 aliphatic carbocycles. The molecule has 0 amide bonds. The summed E-state index contributed by atoms with van der Waals surface area (Å²) in [4.78, 5) is -0.214. The van der Waals surface area contributed by atoms with Crippen molar-refractivity contribution >= 4 is 10.0 Å². The van der Waals surface area contributed by atoms with Crippen LogP contribution in [0.3, 0.4) is 0 Å². The van der Waals surface area contributed by atoms with Crippen molar-refractivity contribution in [2.24, 2.45) is 0 Å². The van der Waals surface area contributed by atoms with Gasteiger partial charge in [0, 0.05) is 6.54 Å². The fraction of sp³-hybridized carbons (Fsp3) is 0.583. The third kappa shape index (κ3) is 3.11. The second kappa shape index (κ2) is 6.32. The molecule has 0 unspecified atom stereocenters. The van der Waals surface area contributed by atoms with Gasteiger partial charge in [-0.05, 0) is 20.8 Å². The smallest absolute Gasteiger partial charge is 0.244 e. The van der Waals surface area contributed by atoms with E-state index in [9.17, 15) is 17.2 Å². The molecule has 2 aromatic rings. The molecule has 128 valence electrons. The summed E-state index contributed by atoms with van der Waals surface area (Å²) >= 11 is 0. The van der Waals surface area contributed by atoms with Gasteiger partial charge in [-0.25, -0.2) is 17.7 Å². The Kier molecular flexibility index (Phi) is 4.80. The summed E-state index contributed by atoms with van der Waals surface area (Å²) in [6.45, 7) is 3.13. The first-order valence-electron chi connectivity index (χ1n) is 6.82. The van der Waals surface area contributed by atoms with Crippen LogP contribution in [0.1, 0.15) is 36.2 Å². The molecule has 0 saturated heterocycles. The monoisotopic (exact) mass is 349 g/mol. The van der Waals surface area contributed by atoms with Crippen LogP contribution in [0.2, 0.25) is 0 Å². The Morgan fingerprint density at radius 1 is 1.22 bits per heavy atom. The normalized spacial score (nSPS) is 12.5. The van der Waals surface area contributed by atoms with Gasteiger partial charge in [0.15, 0.2) is 0 Å². The zero-order valence-corrected chi connectivity index (χ0v) is 13.9. The van der Waals surface area contributed by atoms with Gasteiger partial charge >= 0.3 is 6.55 Å². The molecule has 0 bridgehead atoms. The Hall–Kier alpha value is -1.88. The molecule has 2 aromatic heterocycles. The van der Waals surface area contributed by atoms with Gasteiger partial charge in [0.1, 0.15) is 16.3 Å². The molecule has 0 spiro atoms. The van der Waals surface area contributed by atoms with Gasteiger partial charge in [-0.3, -0.25) is 0 Å². The van der Waals surface area contributed by atoms with E-state index in [0.717, 1.165) is 4.31 Å². The third-order valence-electron chi connectivity index (χ3n) is 3.47. The van der Waals surface area contributed by atoms with Crippen LogP contribution < -0.4 is 0 Å². The van der Waals surface area contributed by atoms with Crippen molar-refractivity contribution in [1.82, 2.24) is 24.4 Å². The van der Waals surface area contributed by atoms with Crippen molar-refractivity contribution in [2.45, 2.75) is 45.7 Å². The number of aromatic nitrogens is 4. The molecule has 0 aliphatic heterocycles. The van der Waals surface area contributed by atoms with E-state index in [-0.39, 0.29) is 29.4 Å². The molecular formula is C12H17F2N5O3S. The number of sulfonamides is 1. The van der Waals surface area contributed by atoms with E-state index < -0.39 is 16.6 Å². The molecule has 2 heterocycles. The Labute approximate surface area is 132 Å². The minimum Gasteiger partial charge on any atom is -0.244 e. The number of aryl methyl sites for hydroxylation is 2. The zero-order chi connectivity index (χ0) is 17.4. The minimum absolute atomic E-state index is 0.0243. The van der Waals surface area contributed by atoms with Gasteiger partial charge < -0.3 is 0 Å². The summed E-state index contributed by atoms with van der Waals surface area (Å²) in [5.74, 6) is 0.